The maximum Gasteiger partial charge on any atom is 0.410 e. The number of hydrogen-bond donors (Lipinski definition) is 5. The van der Waals surface area contributed by atoms with Crippen LogP contribution in [0.15, 0.2) is 48.9 Å². The lowest BCUT2D eigenvalue weighted by molar-refractivity contribution is -0.122. The first kappa shape index (κ1) is 30.3. The van der Waals surface area contributed by atoms with Gasteiger partial charge >= 0.3 is 18.3 Å². The molecule has 6 N–H and O–H groups in total. The van der Waals surface area contributed by atoms with Gasteiger partial charge in [0.1, 0.15) is 12.1 Å². The van der Waals surface area contributed by atoms with Gasteiger partial charge in [-0.3, -0.25) is 0 Å². The van der Waals surface area contributed by atoms with Crippen LogP contribution in [-0.4, -0.2) is 81.3 Å². The van der Waals surface area contributed by atoms with Crippen LogP contribution in [0.25, 0.3) is 22.5 Å². The molecule has 224 valence electrons. The van der Waals surface area contributed by atoms with Gasteiger partial charge in [-0.15, -0.1) is 0 Å². The largest absolute Gasteiger partial charge is 0.444 e. The van der Waals surface area contributed by atoms with Gasteiger partial charge in [-0.1, -0.05) is 12.1 Å². The van der Waals surface area contributed by atoms with Crippen LogP contribution in [0.1, 0.15) is 26.3 Å². The van der Waals surface area contributed by atoms with Crippen LogP contribution in [0.4, 0.5) is 28.4 Å². The number of nitrogens with one attached hydrogen (secondary N) is 4. The molecule has 0 atom stereocenters. The SMILES string of the molecule is CC(C)(C)OC(=O)N1CC(CN)(N/C=C(\C=N)c2cnn3c(-c4cccc(NC(=O)NCC(F)(F)F)c4)cnc3c2)C1. The first-order chi connectivity index (χ1) is 19.7. The number of rotatable bonds is 8. The lowest BCUT2D eigenvalue weighted by Gasteiger charge is -2.49. The van der Waals surface area contributed by atoms with Gasteiger partial charge < -0.3 is 36.7 Å². The molecular weight excluding hydrogens is 555 g/mol. The van der Waals surface area contributed by atoms with Crippen molar-refractivity contribution >= 4 is 35.2 Å². The highest BCUT2D eigenvalue weighted by Gasteiger charge is 2.45. The van der Waals surface area contributed by atoms with Crippen LogP contribution in [0, 0.1) is 5.41 Å². The standard InChI is InChI=1S/C27H32F3N9O3/c1-25(2,3)42-24(41)38-15-26(13-32,16-38)35-10-19(9-31)18-8-22-33-12-21(39(22)36-11-18)17-5-4-6-20(7-17)37-23(40)34-14-27(28,29)30/h4-12,31,35H,13-16,32H2,1-3H3,(H2,34,37,40)/b19-10+,31-9?. The summed E-state index contributed by atoms with van der Waals surface area (Å²) in [4.78, 5) is 30.1. The minimum absolute atomic E-state index is 0.257. The van der Waals surface area contributed by atoms with Crippen molar-refractivity contribution in [1.29, 1.82) is 5.41 Å². The molecule has 12 nitrogen and oxygen atoms in total. The maximum atomic E-state index is 12.4. The molecule has 0 spiro atoms. The summed E-state index contributed by atoms with van der Waals surface area (Å²) < 4.78 is 44.1. The van der Waals surface area contributed by atoms with Crippen LogP contribution in [0.3, 0.4) is 0 Å². The summed E-state index contributed by atoms with van der Waals surface area (Å²) in [6.07, 6.45) is 1.02. The summed E-state index contributed by atoms with van der Waals surface area (Å²) in [5.74, 6) is 0. The molecule has 1 aliphatic rings. The number of nitrogens with two attached hydrogens (primary N) is 1. The molecule has 15 heteroatoms. The van der Waals surface area contributed by atoms with Gasteiger partial charge in [0.15, 0.2) is 5.65 Å². The summed E-state index contributed by atoms with van der Waals surface area (Å²) in [6.45, 7) is 4.90. The fraction of sp³-hybridized carbons (Fsp3) is 0.370. The topological polar surface area (TPSA) is 163 Å². The van der Waals surface area contributed by atoms with Crippen molar-refractivity contribution in [2.24, 2.45) is 5.73 Å². The van der Waals surface area contributed by atoms with Crippen LogP contribution in [0.5, 0.6) is 0 Å². The molecule has 0 bridgehead atoms. The number of fused-ring (bicyclic) bond motifs is 1. The lowest BCUT2D eigenvalue weighted by atomic mass is 9.90. The number of benzene rings is 1. The number of nitrogens with zero attached hydrogens (tertiary/aromatic N) is 4. The zero-order valence-electron chi connectivity index (χ0n) is 23.2. The number of halogens is 3. The third-order valence-electron chi connectivity index (χ3n) is 6.28. The van der Waals surface area contributed by atoms with Gasteiger partial charge in [0, 0.05) is 41.3 Å². The van der Waals surface area contributed by atoms with Gasteiger partial charge in [0.05, 0.1) is 36.7 Å². The molecule has 1 fully saturated rings. The highest BCUT2D eigenvalue weighted by molar-refractivity contribution is 6.08. The smallest absolute Gasteiger partial charge is 0.410 e. The van der Waals surface area contributed by atoms with E-state index in [2.05, 4.69) is 20.7 Å². The first-order valence-corrected chi connectivity index (χ1v) is 12.9. The van der Waals surface area contributed by atoms with Gasteiger partial charge in [-0.05, 0) is 39.0 Å². The average molecular weight is 588 g/mol. The minimum atomic E-state index is -4.52. The summed E-state index contributed by atoms with van der Waals surface area (Å²) >= 11 is 0. The second-order valence-electron chi connectivity index (χ2n) is 10.9. The highest BCUT2D eigenvalue weighted by atomic mass is 19.4. The van der Waals surface area contributed by atoms with E-state index in [-0.39, 0.29) is 12.2 Å². The molecule has 3 amide bonds. The molecule has 3 aromatic rings. The van der Waals surface area contributed by atoms with E-state index in [4.69, 9.17) is 15.9 Å². The molecule has 0 saturated carbocycles. The Morgan fingerprint density at radius 1 is 1.19 bits per heavy atom. The Bertz CT molecular complexity index is 1510. The second kappa shape index (κ2) is 11.7. The van der Waals surface area contributed by atoms with Gasteiger partial charge in [-0.2, -0.15) is 18.3 Å². The van der Waals surface area contributed by atoms with Crippen LogP contribution < -0.4 is 21.7 Å². The Balaban J connectivity index is 1.46. The Morgan fingerprint density at radius 3 is 2.57 bits per heavy atom. The van der Waals surface area contributed by atoms with E-state index in [1.165, 1.54) is 0 Å². The van der Waals surface area contributed by atoms with Crippen molar-refractivity contribution in [2.75, 3.05) is 31.5 Å². The number of hydrogen-bond acceptors (Lipinski definition) is 8. The number of amides is 3. The number of urea groups is 1. The molecule has 42 heavy (non-hydrogen) atoms. The number of allylic oxidation sites excluding steroid dienone is 1. The maximum absolute atomic E-state index is 12.4. The summed E-state index contributed by atoms with van der Waals surface area (Å²) in [5, 5.41) is 19.8. The molecule has 1 aliphatic heterocycles. The number of carbonyl (C=O) groups excluding carboxylic acids is 2. The van der Waals surface area contributed by atoms with E-state index in [1.807, 2.05) is 0 Å². The number of likely N-dealkylation sites (tertiary alicyclic amines) is 1. The Morgan fingerprint density at radius 2 is 1.93 bits per heavy atom. The zero-order chi connectivity index (χ0) is 30.7. The van der Waals surface area contributed by atoms with Gasteiger partial charge in [0.25, 0.3) is 0 Å². The molecule has 0 radical (unpaired) electrons. The molecule has 4 rings (SSSR count). The fourth-order valence-electron chi connectivity index (χ4n) is 4.20. The summed E-state index contributed by atoms with van der Waals surface area (Å²) in [6, 6.07) is 7.27. The number of imidazole rings is 1. The van der Waals surface area contributed by atoms with Crippen molar-refractivity contribution < 1.29 is 27.5 Å². The zero-order valence-corrected chi connectivity index (χ0v) is 23.2. The van der Waals surface area contributed by atoms with E-state index in [0.29, 0.717) is 41.1 Å². The van der Waals surface area contributed by atoms with E-state index in [9.17, 15) is 22.8 Å². The van der Waals surface area contributed by atoms with E-state index < -0.39 is 36.0 Å². The molecule has 1 saturated heterocycles. The number of alkyl halides is 3. The average Bonchev–Trinajstić information content (AvgIpc) is 3.31. The third-order valence-corrected chi connectivity index (χ3v) is 6.28. The van der Waals surface area contributed by atoms with E-state index in [0.717, 1.165) is 6.21 Å². The molecule has 2 aromatic heterocycles. The Hall–Kier alpha value is -4.66. The van der Waals surface area contributed by atoms with Crippen molar-refractivity contribution in [3.63, 3.8) is 0 Å². The molecular formula is C27H32F3N9O3. The normalized spacial score (nSPS) is 15.1. The van der Waals surface area contributed by atoms with Gasteiger partial charge in [0.2, 0.25) is 0 Å². The molecule has 0 unspecified atom stereocenters. The third kappa shape index (κ3) is 7.34. The van der Waals surface area contributed by atoms with Crippen molar-refractivity contribution in [1.82, 2.24) is 30.1 Å². The highest BCUT2D eigenvalue weighted by Crippen LogP contribution is 2.26. The van der Waals surface area contributed by atoms with E-state index in [1.54, 1.807) is 84.4 Å². The minimum Gasteiger partial charge on any atom is -0.444 e. The molecule has 0 aliphatic carbocycles. The monoisotopic (exact) mass is 587 g/mol. The number of ether oxygens (including phenoxy) is 1. The van der Waals surface area contributed by atoms with E-state index >= 15 is 0 Å². The Kier molecular flexibility index (Phi) is 8.43. The predicted molar refractivity (Wildman–Crippen MR) is 151 cm³/mol. The van der Waals surface area contributed by atoms with Crippen LogP contribution in [-0.2, 0) is 4.74 Å². The molecule has 1 aromatic carbocycles. The fourth-order valence-corrected chi connectivity index (χ4v) is 4.20. The second-order valence-corrected chi connectivity index (χ2v) is 10.9. The van der Waals surface area contributed by atoms with Gasteiger partial charge in [-0.25, -0.2) is 19.1 Å². The van der Waals surface area contributed by atoms with Crippen molar-refractivity contribution in [3.05, 3.63) is 54.5 Å². The van der Waals surface area contributed by atoms with Crippen LogP contribution in [0.2, 0.25) is 0 Å². The quantitative estimate of drug-likeness (QED) is 0.252. The predicted octanol–water partition coefficient (Wildman–Crippen LogP) is 3.61. The van der Waals surface area contributed by atoms with Crippen molar-refractivity contribution in [2.45, 2.75) is 38.1 Å². The number of anilines is 1. The summed E-state index contributed by atoms with van der Waals surface area (Å²) in [7, 11) is 0. The van der Waals surface area contributed by atoms with Crippen LogP contribution >= 0.6 is 0 Å². The van der Waals surface area contributed by atoms with Crippen molar-refractivity contribution in [3.8, 4) is 11.3 Å². The lowest BCUT2D eigenvalue weighted by Crippen LogP contribution is -2.72. The number of aromatic nitrogens is 3. The summed E-state index contributed by atoms with van der Waals surface area (Å²) in [5.41, 5.74) is 7.90. The number of carbonyl (C=O) groups is 2. The Labute approximate surface area is 239 Å². The first-order valence-electron chi connectivity index (χ1n) is 12.9. The molecule has 3 heterocycles.